The summed E-state index contributed by atoms with van der Waals surface area (Å²) in [6.45, 7) is 3.68. The van der Waals surface area contributed by atoms with Crippen LogP contribution in [-0.2, 0) is 4.79 Å². The molecule has 5 nitrogen and oxygen atoms in total. The van der Waals surface area contributed by atoms with E-state index in [4.69, 9.17) is 32.9 Å². The minimum atomic E-state index is -0.764. The Morgan fingerprint density at radius 1 is 1.13 bits per heavy atom. The van der Waals surface area contributed by atoms with Crippen molar-refractivity contribution >= 4 is 40.4 Å². The number of pyridine rings is 1. The standard InChI is InChI=1S/C23H19Cl2N3O2/c1-14-6-5-11-28-13-20(26-22(14)28)17-7-3-4-8-19(17)27-23(29)15(2)30-21-10-9-16(24)12-18(21)25/h3-13,15H,1-2H3,(H,27,29). The van der Waals surface area contributed by atoms with Crippen LogP contribution in [0.15, 0.2) is 67.0 Å². The first-order valence-electron chi connectivity index (χ1n) is 9.38. The smallest absolute Gasteiger partial charge is 0.265 e. The fraction of sp³-hybridized carbons (Fsp3) is 0.130. The topological polar surface area (TPSA) is 55.6 Å². The van der Waals surface area contributed by atoms with E-state index in [1.165, 1.54) is 0 Å². The van der Waals surface area contributed by atoms with E-state index in [2.05, 4.69) is 5.32 Å². The summed E-state index contributed by atoms with van der Waals surface area (Å²) in [5, 5.41) is 3.79. The number of fused-ring (bicyclic) bond motifs is 1. The molecular formula is C23H19Cl2N3O2. The zero-order valence-corrected chi connectivity index (χ0v) is 17.9. The zero-order valence-electron chi connectivity index (χ0n) is 16.4. The summed E-state index contributed by atoms with van der Waals surface area (Å²) in [5.74, 6) is 0.0984. The normalized spacial score (nSPS) is 12.0. The third-order valence-electron chi connectivity index (χ3n) is 4.71. The van der Waals surface area contributed by atoms with Crippen LogP contribution in [0.1, 0.15) is 12.5 Å². The molecule has 1 N–H and O–H groups in total. The molecule has 2 heterocycles. The number of aromatic nitrogens is 2. The van der Waals surface area contributed by atoms with Gasteiger partial charge in [0.1, 0.15) is 11.4 Å². The number of carbonyl (C=O) groups excluding carboxylic acids is 1. The summed E-state index contributed by atoms with van der Waals surface area (Å²) < 4.78 is 7.69. The molecule has 0 saturated heterocycles. The molecule has 4 rings (SSSR count). The van der Waals surface area contributed by atoms with Crippen LogP contribution in [0.2, 0.25) is 10.0 Å². The first-order valence-corrected chi connectivity index (χ1v) is 10.1. The second kappa shape index (κ2) is 8.38. The molecule has 1 atom stereocenters. The van der Waals surface area contributed by atoms with E-state index in [9.17, 15) is 4.79 Å². The summed E-state index contributed by atoms with van der Waals surface area (Å²) in [5.41, 5.74) is 4.20. The molecule has 2 aromatic heterocycles. The second-order valence-corrected chi connectivity index (χ2v) is 7.76. The summed E-state index contributed by atoms with van der Waals surface area (Å²) in [6.07, 6.45) is 3.13. The van der Waals surface area contributed by atoms with Gasteiger partial charge in [0.15, 0.2) is 6.10 Å². The quantitative estimate of drug-likeness (QED) is 0.413. The number of hydrogen-bond donors (Lipinski definition) is 1. The molecule has 0 saturated carbocycles. The fourth-order valence-electron chi connectivity index (χ4n) is 3.15. The average Bonchev–Trinajstić information content (AvgIpc) is 3.16. The van der Waals surface area contributed by atoms with Crippen molar-refractivity contribution in [3.63, 3.8) is 0 Å². The molecule has 2 aromatic carbocycles. The highest BCUT2D eigenvalue weighted by Crippen LogP contribution is 2.30. The third kappa shape index (κ3) is 4.13. The summed E-state index contributed by atoms with van der Waals surface area (Å²) in [6, 6.07) is 16.4. The van der Waals surface area contributed by atoms with Crippen LogP contribution in [0.5, 0.6) is 5.75 Å². The molecule has 1 unspecified atom stereocenters. The highest BCUT2D eigenvalue weighted by Gasteiger charge is 2.19. The van der Waals surface area contributed by atoms with Crippen LogP contribution in [0, 0.1) is 6.92 Å². The Labute approximate surface area is 184 Å². The van der Waals surface area contributed by atoms with Gasteiger partial charge in [0.05, 0.1) is 16.4 Å². The number of hydrogen-bond acceptors (Lipinski definition) is 3. The van der Waals surface area contributed by atoms with Gasteiger partial charge in [0.2, 0.25) is 0 Å². The Morgan fingerprint density at radius 3 is 2.70 bits per heavy atom. The largest absolute Gasteiger partial charge is 0.479 e. The Bertz CT molecular complexity index is 1240. The van der Waals surface area contributed by atoms with Gasteiger partial charge in [-0.3, -0.25) is 4.79 Å². The highest BCUT2D eigenvalue weighted by molar-refractivity contribution is 6.35. The summed E-state index contributed by atoms with van der Waals surface area (Å²) in [7, 11) is 0. The van der Waals surface area contributed by atoms with Crippen molar-refractivity contribution in [3.8, 4) is 17.0 Å². The predicted octanol–water partition coefficient (Wildman–Crippen LogP) is 6.02. The van der Waals surface area contributed by atoms with E-state index < -0.39 is 6.10 Å². The molecule has 4 aromatic rings. The Morgan fingerprint density at radius 2 is 1.93 bits per heavy atom. The Kier molecular flexibility index (Phi) is 5.66. The minimum absolute atomic E-state index is 0.298. The van der Waals surface area contributed by atoms with Crippen LogP contribution in [-0.4, -0.2) is 21.4 Å². The van der Waals surface area contributed by atoms with Gasteiger partial charge in [0, 0.05) is 23.0 Å². The van der Waals surface area contributed by atoms with Gasteiger partial charge in [0.25, 0.3) is 5.91 Å². The predicted molar refractivity (Wildman–Crippen MR) is 121 cm³/mol. The number of halogens is 2. The lowest BCUT2D eigenvalue weighted by molar-refractivity contribution is -0.122. The molecular weight excluding hydrogens is 421 g/mol. The van der Waals surface area contributed by atoms with Crippen LogP contribution in [0.4, 0.5) is 5.69 Å². The van der Waals surface area contributed by atoms with Crippen molar-refractivity contribution in [2.45, 2.75) is 20.0 Å². The van der Waals surface area contributed by atoms with E-state index in [0.29, 0.717) is 21.5 Å². The number of ether oxygens (including phenoxy) is 1. The SMILES string of the molecule is Cc1cccn2cc(-c3ccccc3NC(=O)C(C)Oc3ccc(Cl)cc3Cl)nc12. The maximum Gasteiger partial charge on any atom is 0.265 e. The lowest BCUT2D eigenvalue weighted by Crippen LogP contribution is -2.30. The molecule has 0 aliphatic rings. The molecule has 30 heavy (non-hydrogen) atoms. The van der Waals surface area contributed by atoms with E-state index in [0.717, 1.165) is 22.5 Å². The minimum Gasteiger partial charge on any atom is -0.479 e. The molecule has 0 radical (unpaired) electrons. The van der Waals surface area contributed by atoms with Gasteiger partial charge in [-0.05, 0) is 49.7 Å². The van der Waals surface area contributed by atoms with Crippen molar-refractivity contribution in [3.05, 3.63) is 82.6 Å². The van der Waals surface area contributed by atoms with Crippen LogP contribution in [0.3, 0.4) is 0 Å². The maximum absolute atomic E-state index is 12.8. The number of carbonyl (C=O) groups is 1. The van der Waals surface area contributed by atoms with Crippen LogP contribution in [0.25, 0.3) is 16.9 Å². The number of anilines is 1. The molecule has 0 spiro atoms. The molecule has 0 aliphatic carbocycles. The molecule has 0 aliphatic heterocycles. The van der Waals surface area contributed by atoms with Gasteiger partial charge >= 0.3 is 0 Å². The lowest BCUT2D eigenvalue weighted by atomic mass is 10.1. The van der Waals surface area contributed by atoms with E-state index in [1.54, 1.807) is 25.1 Å². The Hall–Kier alpha value is -3.02. The number of rotatable bonds is 5. The number of nitrogens with zero attached hydrogens (tertiary/aromatic N) is 2. The van der Waals surface area contributed by atoms with E-state index in [-0.39, 0.29) is 5.91 Å². The van der Waals surface area contributed by atoms with Gasteiger partial charge in [-0.2, -0.15) is 0 Å². The van der Waals surface area contributed by atoms with Gasteiger partial charge < -0.3 is 14.5 Å². The first-order chi connectivity index (χ1) is 14.4. The third-order valence-corrected chi connectivity index (χ3v) is 5.24. The van der Waals surface area contributed by atoms with Gasteiger partial charge in [-0.15, -0.1) is 0 Å². The van der Waals surface area contributed by atoms with Crippen molar-refractivity contribution in [1.82, 2.24) is 9.38 Å². The number of benzene rings is 2. The fourth-order valence-corrected chi connectivity index (χ4v) is 3.60. The molecule has 7 heteroatoms. The molecule has 0 fully saturated rings. The molecule has 152 valence electrons. The van der Waals surface area contributed by atoms with Crippen molar-refractivity contribution in [1.29, 1.82) is 0 Å². The number of imidazole rings is 1. The van der Waals surface area contributed by atoms with E-state index >= 15 is 0 Å². The van der Waals surface area contributed by atoms with Gasteiger partial charge in [-0.25, -0.2) is 4.98 Å². The number of aryl methyl sites for hydroxylation is 1. The van der Waals surface area contributed by atoms with Crippen molar-refractivity contribution < 1.29 is 9.53 Å². The van der Waals surface area contributed by atoms with Crippen molar-refractivity contribution in [2.24, 2.45) is 0 Å². The van der Waals surface area contributed by atoms with Gasteiger partial charge in [-0.1, -0.05) is 47.5 Å². The van der Waals surface area contributed by atoms with Crippen LogP contribution < -0.4 is 10.1 Å². The number of para-hydroxylation sites is 1. The van der Waals surface area contributed by atoms with Crippen LogP contribution >= 0.6 is 23.2 Å². The molecule has 0 bridgehead atoms. The monoisotopic (exact) mass is 439 g/mol. The Balaban J connectivity index is 1.57. The summed E-state index contributed by atoms with van der Waals surface area (Å²) >= 11 is 12.1. The number of nitrogens with one attached hydrogen (secondary N) is 1. The number of amides is 1. The highest BCUT2D eigenvalue weighted by atomic mass is 35.5. The summed E-state index contributed by atoms with van der Waals surface area (Å²) in [4.78, 5) is 17.5. The lowest BCUT2D eigenvalue weighted by Gasteiger charge is -2.17. The first kappa shape index (κ1) is 20.3. The zero-order chi connectivity index (χ0) is 21.3. The second-order valence-electron chi connectivity index (χ2n) is 6.92. The maximum atomic E-state index is 12.8. The van der Waals surface area contributed by atoms with E-state index in [1.807, 2.05) is 60.1 Å². The average molecular weight is 440 g/mol. The molecule has 1 amide bonds. The van der Waals surface area contributed by atoms with Crippen molar-refractivity contribution in [2.75, 3.05) is 5.32 Å².